The Hall–Kier alpha value is -2.94. The first-order valence-electron chi connectivity index (χ1n) is 12.3. The number of carbonyl (C=O) groups excluding carboxylic acids is 2. The second kappa shape index (κ2) is 8.37. The van der Waals surface area contributed by atoms with Gasteiger partial charge in [-0.15, -0.1) is 0 Å². The van der Waals surface area contributed by atoms with Gasteiger partial charge in [0.15, 0.2) is 5.82 Å². The van der Waals surface area contributed by atoms with Crippen LogP contribution in [0, 0.1) is 23.2 Å². The van der Waals surface area contributed by atoms with Crippen molar-refractivity contribution in [3.63, 3.8) is 0 Å². The number of rotatable bonds is 7. The Bertz CT molecular complexity index is 1090. The lowest BCUT2D eigenvalue weighted by molar-refractivity contribution is -0.137. The summed E-state index contributed by atoms with van der Waals surface area (Å²) in [6.07, 6.45) is 13.1. The molecule has 0 aliphatic heterocycles. The van der Waals surface area contributed by atoms with Gasteiger partial charge in [0.1, 0.15) is 5.56 Å². The number of aliphatic hydroxyl groups is 1. The maximum atomic E-state index is 13.5. The van der Waals surface area contributed by atoms with Gasteiger partial charge >= 0.3 is 0 Å². The molecule has 2 aromatic rings. The highest BCUT2D eigenvalue weighted by Gasteiger charge is 2.55. The van der Waals surface area contributed by atoms with Gasteiger partial charge in [0.05, 0.1) is 17.2 Å². The molecule has 2 amide bonds. The van der Waals surface area contributed by atoms with Gasteiger partial charge < -0.3 is 15.7 Å². The largest absolute Gasteiger partial charge is 0.390 e. The standard InChI is InChI=1S/C25H34N6O3/c1-4-26-23(33)24(2,3)6-9-31-22(30-8-5-7-27-30)19(15-28-31)21(32)29-20-17-10-16-11-18(20)14-25(34,12-16)13-17/h5-9,15-18,20,34H,4,10-14H2,1-3H3,(H,26,33)(H,29,32). The van der Waals surface area contributed by atoms with E-state index in [1.807, 2.05) is 20.8 Å². The fourth-order valence-electron chi connectivity index (χ4n) is 6.41. The summed E-state index contributed by atoms with van der Waals surface area (Å²) in [5.41, 5.74) is -0.853. The number of nitrogens with zero attached hydrogens (tertiary/aromatic N) is 4. The predicted molar refractivity (Wildman–Crippen MR) is 127 cm³/mol. The van der Waals surface area contributed by atoms with Gasteiger partial charge in [0, 0.05) is 31.2 Å². The van der Waals surface area contributed by atoms with Gasteiger partial charge in [-0.1, -0.05) is 6.08 Å². The molecule has 34 heavy (non-hydrogen) atoms. The van der Waals surface area contributed by atoms with Crippen LogP contribution in [0.4, 0.5) is 0 Å². The lowest BCUT2D eigenvalue weighted by Crippen LogP contribution is -2.61. The molecule has 4 saturated carbocycles. The fourth-order valence-corrected chi connectivity index (χ4v) is 6.41. The number of hydrogen-bond donors (Lipinski definition) is 3. The van der Waals surface area contributed by atoms with Crippen molar-refractivity contribution < 1.29 is 14.7 Å². The van der Waals surface area contributed by atoms with E-state index in [1.54, 1.807) is 46.3 Å². The van der Waals surface area contributed by atoms with Crippen molar-refractivity contribution >= 4 is 18.0 Å². The SMILES string of the molecule is CCNC(=O)C(C)(C)C=Cn1ncc(C(=O)NC2C3CC4CC2CC(O)(C4)C3)c1-n1cccn1. The molecule has 4 aliphatic rings. The van der Waals surface area contributed by atoms with Crippen LogP contribution in [0.2, 0.25) is 0 Å². The van der Waals surface area contributed by atoms with E-state index < -0.39 is 11.0 Å². The molecule has 0 radical (unpaired) electrons. The van der Waals surface area contributed by atoms with Crippen LogP contribution in [-0.2, 0) is 4.79 Å². The predicted octanol–water partition coefficient (Wildman–Crippen LogP) is 2.37. The molecule has 3 N–H and O–H groups in total. The van der Waals surface area contributed by atoms with Crippen molar-refractivity contribution in [3.05, 3.63) is 36.3 Å². The maximum absolute atomic E-state index is 13.5. The van der Waals surface area contributed by atoms with Crippen molar-refractivity contribution in [1.82, 2.24) is 30.2 Å². The quantitative estimate of drug-likeness (QED) is 0.580. The van der Waals surface area contributed by atoms with E-state index in [9.17, 15) is 14.7 Å². The lowest BCUT2D eigenvalue weighted by atomic mass is 9.52. The van der Waals surface area contributed by atoms with Crippen LogP contribution in [-0.4, -0.2) is 54.7 Å². The van der Waals surface area contributed by atoms with E-state index in [2.05, 4.69) is 20.8 Å². The molecule has 4 aliphatic carbocycles. The molecule has 6 rings (SSSR count). The van der Waals surface area contributed by atoms with E-state index in [1.165, 1.54) is 0 Å². The van der Waals surface area contributed by atoms with E-state index in [4.69, 9.17) is 0 Å². The Labute approximate surface area is 199 Å². The van der Waals surface area contributed by atoms with Gasteiger partial charge in [-0.3, -0.25) is 9.59 Å². The third kappa shape index (κ3) is 4.06. The maximum Gasteiger partial charge on any atom is 0.257 e. The van der Waals surface area contributed by atoms with E-state index in [-0.39, 0.29) is 17.9 Å². The number of nitrogens with one attached hydrogen (secondary N) is 2. The third-order valence-electron chi connectivity index (χ3n) is 7.83. The van der Waals surface area contributed by atoms with Crippen molar-refractivity contribution in [1.29, 1.82) is 0 Å². The van der Waals surface area contributed by atoms with Crippen molar-refractivity contribution in [2.75, 3.05) is 6.54 Å². The molecule has 9 nitrogen and oxygen atoms in total. The Morgan fingerprint density at radius 2 is 1.97 bits per heavy atom. The second-order valence-electron chi connectivity index (χ2n) is 10.9. The molecule has 2 atom stereocenters. The molecule has 4 fully saturated rings. The Balaban J connectivity index is 1.40. The van der Waals surface area contributed by atoms with Crippen molar-refractivity contribution in [2.24, 2.45) is 23.2 Å². The van der Waals surface area contributed by atoms with Crippen LogP contribution >= 0.6 is 0 Å². The number of amides is 2. The highest BCUT2D eigenvalue weighted by molar-refractivity contribution is 5.97. The molecule has 2 aromatic heterocycles. The molecule has 2 unspecified atom stereocenters. The molecule has 0 spiro atoms. The zero-order valence-corrected chi connectivity index (χ0v) is 20.1. The summed E-state index contributed by atoms with van der Waals surface area (Å²) < 4.78 is 3.20. The van der Waals surface area contributed by atoms with Gasteiger partial charge in [-0.25, -0.2) is 9.36 Å². The molecule has 182 valence electrons. The van der Waals surface area contributed by atoms with Gasteiger partial charge in [-0.2, -0.15) is 10.2 Å². The van der Waals surface area contributed by atoms with Gasteiger partial charge in [0.2, 0.25) is 5.91 Å². The van der Waals surface area contributed by atoms with Crippen molar-refractivity contribution in [2.45, 2.75) is 64.5 Å². The summed E-state index contributed by atoms with van der Waals surface area (Å²) in [6, 6.07) is 1.87. The van der Waals surface area contributed by atoms with Crippen LogP contribution < -0.4 is 10.6 Å². The van der Waals surface area contributed by atoms with Crippen LogP contribution in [0.15, 0.2) is 30.7 Å². The topological polar surface area (TPSA) is 114 Å². The number of carbonyl (C=O) groups is 2. The number of aromatic nitrogens is 4. The van der Waals surface area contributed by atoms with Crippen molar-refractivity contribution in [3.8, 4) is 5.82 Å². The zero-order chi connectivity index (χ0) is 24.1. The highest BCUT2D eigenvalue weighted by Crippen LogP contribution is 2.55. The summed E-state index contributed by atoms with van der Waals surface area (Å²) in [6.45, 7) is 6.11. The van der Waals surface area contributed by atoms with E-state index in [0.717, 1.165) is 32.1 Å². The van der Waals surface area contributed by atoms with Gasteiger partial charge in [0.25, 0.3) is 5.91 Å². The molecule has 0 saturated heterocycles. The second-order valence-corrected chi connectivity index (χ2v) is 10.9. The first-order valence-corrected chi connectivity index (χ1v) is 12.3. The van der Waals surface area contributed by atoms with Crippen LogP contribution in [0.25, 0.3) is 12.0 Å². The molecular formula is C25H34N6O3. The summed E-state index contributed by atoms with van der Waals surface area (Å²) in [4.78, 5) is 25.9. The molecule has 9 heteroatoms. The molecule has 2 heterocycles. The van der Waals surface area contributed by atoms with E-state index >= 15 is 0 Å². The zero-order valence-electron chi connectivity index (χ0n) is 20.1. The molecule has 4 bridgehead atoms. The summed E-state index contributed by atoms with van der Waals surface area (Å²) in [7, 11) is 0. The summed E-state index contributed by atoms with van der Waals surface area (Å²) in [5.74, 6) is 1.48. The van der Waals surface area contributed by atoms with E-state index in [0.29, 0.717) is 35.7 Å². The Morgan fingerprint density at radius 1 is 1.24 bits per heavy atom. The smallest absolute Gasteiger partial charge is 0.257 e. The average molecular weight is 467 g/mol. The molecular weight excluding hydrogens is 432 g/mol. The first-order chi connectivity index (χ1) is 16.2. The number of hydrogen-bond acceptors (Lipinski definition) is 5. The molecule has 0 aromatic carbocycles. The normalized spacial score (nSPS) is 30.1. The minimum absolute atomic E-state index is 0.0744. The monoisotopic (exact) mass is 466 g/mol. The minimum atomic E-state index is -0.744. The minimum Gasteiger partial charge on any atom is -0.390 e. The Kier molecular flexibility index (Phi) is 5.62. The Morgan fingerprint density at radius 3 is 2.59 bits per heavy atom. The van der Waals surface area contributed by atoms with Crippen LogP contribution in [0.3, 0.4) is 0 Å². The first kappa shape index (κ1) is 22.8. The highest BCUT2D eigenvalue weighted by atomic mass is 16.3. The summed E-state index contributed by atoms with van der Waals surface area (Å²) >= 11 is 0. The average Bonchev–Trinajstić information content (AvgIpc) is 3.43. The van der Waals surface area contributed by atoms with Crippen LogP contribution in [0.5, 0.6) is 0 Å². The van der Waals surface area contributed by atoms with Gasteiger partial charge in [-0.05, 0) is 76.7 Å². The third-order valence-corrected chi connectivity index (χ3v) is 7.83. The van der Waals surface area contributed by atoms with Crippen LogP contribution in [0.1, 0.15) is 63.2 Å². The summed E-state index contributed by atoms with van der Waals surface area (Å²) in [5, 5.41) is 25.8. The lowest BCUT2D eigenvalue weighted by Gasteiger charge is -2.58. The fraction of sp³-hybridized carbons (Fsp3) is 0.600.